The van der Waals surface area contributed by atoms with Crippen molar-refractivity contribution >= 4 is 23.4 Å². The second-order valence-electron chi connectivity index (χ2n) is 6.39. The molecule has 0 bridgehead atoms. The molecule has 1 aliphatic rings. The quantitative estimate of drug-likeness (QED) is 0.693. The van der Waals surface area contributed by atoms with Crippen LogP contribution >= 0.6 is 0 Å². The van der Waals surface area contributed by atoms with E-state index in [1.807, 2.05) is 0 Å². The minimum atomic E-state index is -0.607. The first-order valence-corrected chi connectivity index (χ1v) is 8.53. The van der Waals surface area contributed by atoms with E-state index in [4.69, 9.17) is 10.5 Å². The number of rotatable bonds is 7. The van der Waals surface area contributed by atoms with Gasteiger partial charge in [0, 0.05) is 11.3 Å². The largest absolute Gasteiger partial charge is 0.368 e. The third-order valence-electron chi connectivity index (χ3n) is 4.32. The van der Waals surface area contributed by atoms with Gasteiger partial charge in [-0.25, -0.2) is 0 Å². The summed E-state index contributed by atoms with van der Waals surface area (Å²) in [5.41, 5.74) is 5.94. The summed E-state index contributed by atoms with van der Waals surface area (Å²) in [5.74, 6) is -0.737. The second kappa shape index (κ2) is 9.17. The summed E-state index contributed by atoms with van der Waals surface area (Å²) in [5, 5.41) is 5.14. The molecule has 1 aromatic carbocycles. The zero-order valence-electron chi connectivity index (χ0n) is 14.4. The average molecular weight is 347 g/mol. The Morgan fingerprint density at radius 2 is 1.84 bits per heavy atom. The average Bonchev–Trinajstić information content (AvgIpc) is 2.59. The molecule has 0 spiro atoms. The fraction of sp³-hybridized carbons (Fsp3) is 0.500. The first-order chi connectivity index (χ1) is 12.0. The van der Waals surface area contributed by atoms with Gasteiger partial charge in [-0.1, -0.05) is 19.8 Å². The Hall–Kier alpha value is -2.41. The van der Waals surface area contributed by atoms with Crippen molar-refractivity contribution in [2.45, 2.75) is 38.7 Å². The Morgan fingerprint density at radius 3 is 2.48 bits per heavy atom. The fourth-order valence-corrected chi connectivity index (χ4v) is 2.88. The van der Waals surface area contributed by atoms with Gasteiger partial charge in [-0.3, -0.25) is 14.4 Å². The van der Waals surface area contributed by atoms with Crippen molar-refractivity contribution in [1.29, 1.82) is 0 Å². The molecular weight excluding hydrogens is 322 g/mol. The molecular formula is C18H25N3O4. The standard InChI is InChI=1S/C18H25N3O4/c1-12-4-2-3-5-15(12)25-11-17(23)21-14-8-6-13(7-9-14)18(24)20-10-16(19)22/h6-9,12,15H,2-5,10-11H2,1H3,(H2,19,22)(H,20,24)(H,21,23)/t12-,15+/m1/s1. The molecule has 0 radical (unpaired) electrons. The summed E-state index contributed by atoms with van der Waals surface area (Å²) >= 11 is 0. The lowest BCUT2D eigenvalue weighted by Gasteiger charge is -2.28. The van der Waals surface area contributed by atoms with E-state index in [0.29, 0.717) is 17.2 Å². The maximum absolute atomic E-state index is 12.0. The molecule has 1 aliphatic carbocycles. The van der Waals surface area contributed by atoms with Crippen LogP contribution in [0.3, 0.4) is 0 Å². The second-order valence-corrected chi connectivity index (χ2v) is 6.39. The van der Waals surface area contributed by atoms with Crippen LogP contribution in [0.25, 0.3) is 0 Å². The van der Waals surface area contributed by atoms with Crippen LogP contribution < -0.4 is 16.4 Å². The van der Waals surface area contributed by atoms with Crippen LogP contribution in [-0.2, 0) is 14.3 Å². The highest BCUT2D eigenvalue weighted by molar-refractivity contribution is 5.97. The van der Waals surface area contributed by atoms with Gasteiger partial charge in [0.15, 0.2) is 0 Å². The van der Waals surface area contributed by atoms with E-state index in [1.165, 1.54) is 6.42 Å². The molecule has 2 rings (SSSR count). The van der Waals surface area contributed by atoms with E-state index in [-0.39, 0.29) is 25.2 Å². The maximum atomic E-state index is 12.0. The summed E-state index contributed by atoms with van der Waals surface area (Å²) in [6.07, 6.45) is 4.67. The molecule has 4 N–H and O–H groups in total. The van der Waals surface area contributed by atoms with Crippen molar-refractivity contribution in [3.05, 3.63) is 29.8 Å². The molecule has 1 aromatic rings. The van der Waals surface area contributed by atoms with E-state index >= 15 is 0 Å². The van der Waals surface area contributed by atoms with Crippen LogP contribution in [0.15, 0.2) is 24.3 Å². The number of hydrogen-bond donors (Lipinski definition) is 3. The number of benzene rings is 1. The number of nitrogens with one attached hydrogen (secondary N) is 2. The van der Waals surface area contributed by atoms with Gasteiger partial charge in [-0.15, -0.1) is 0 Å². The molecule has 25 heavy (non-hydrogen) atoms. The third-order valence-corrected chi connectivity index (χ3v) is 4.32. The molecule has 3 amide bonds. The van der Waals surface area contributed by atoms with Crippen molar-refractivity contribution in [1.82, 2.24) is 5.32 Å². The van der Waals surface area contributed by atoms with Crippen molar-refractivity contribution in [2.75, 3.05) is 18.5 Å². The third kappa shape index (κ3) is 6.19. The summed E-state index contributed by atoms with van der Waals surface area (Å²) in [6.45, 7) is 1.97. The van der Waals surface area contributed by atoms with Crippen LogP contribution in [0, 0.1) is 5.92 Å². The predicted octanol–water partition coefficient (Wildman–Crippen LogP) is 1.44. The molecule has 136 valence electrons. The minimum absolute atomic E-state index is 0.0237. The molecule has 7 heteroatoms. The Kier molecular flexibility index (Phi) is 6.94. The van der Waals surface area contributed by atoms with Gasteiger partial charge in [0.2, 0.25) is 11.8 Å². The number of carbonyl (C=O) groups is 3. The Bertz CT molecular complexity index is 615. The Labute approximate surface area is 147 Å². The fourth-order valence-electron chi connectivity index (χ4n) is 2.88. The van der Waals surface area contributed by atoms with E-state index in [9.17, 15) is 14.4 Å². The van der Waals surface area contributed by atoms with E-state index < -0.39 is 11.8 Å². The van der Waals surface area contributed by atoms with Crippen molar-refractivity contribution in [2.24, 2.45) is 11.7 Å². The van der Waals surface area contributed by atoms with E-state index in [2.05, 4.69) is 17.6 Å². The van der Waals surface area contributed by atoms with Gasteiger partial charge >= 0.3 is 0 Å². The van der Waals surface area contributed by atoms with Crippen molar-refractivity contribution < 1.29 is 19.1 Å². The van der Waals surface area contributed by atoms with Crippen LogP contribution in [-0.4, -0.2) is 37.0 Å². The molecule has 2 atom stereocenters. The number of carbonyl (C=O) groups excluding carboxylic acids is 3. The van der Waals surface area contributed by atoms with Crippen LogP contribution in [0.5, 0.6) is 0 Å². The predicted molar refractivity (Wildman–Crippen MR) is 94.0 cm³/mol. The Balaban J connectivity index is 1.78. The highest BCUT2D eigenvalue weighted by Crippen LogP contribution is 2.26. The highest BCUT2D eigenvalue weighted by atomic mass is 16.5. The number of ether oxygens (including phenoxy) is 1. The van der Waals surface area contributed by atoms with Gasteiger partial charge in [-0.2, -0.15) is 0 Å². The van der Waals surface area contributed by atoms with Gasteiger partial charge in [0.05, 0.1) is 12.6 Å². The zero-order valence-corrected chi connectivity index (χ0v) is 14.4. The lowest BCUT2D eigenvalue weighted by atomic mass is 9.88. The number of anilines is 1. The number of primary amides is 1. The normalized spacial score (nSPS) is 19.9. The maximum Gasteiger partial charge on any atom is 0.251 e. The number of nitrogens with two attached hydrogens (primary N) is 1. The summed E-state index contributed by atoms with van der Waals surface area (Å²) in [4.78, 5) is 34.4. The smallest absolute Gasteiger partial charge is 0.251 e. The topological polar surface area (TPSA) is 111 Å². The molecule has 1 fully saturated rings. The lowest BCUT2D eigenvalue weighted by Crippen LogP contribution is -2.33. The minimum Gasteiger partial charge on any atom is -0.368 e. The van der Waals surface area contributed by atoms with Gasteiger partial charge in [0.1, 0.15) is 6.61 Å². The molecule has 0 unspecified atom stereocenters. The SMILES string of the molecule is C[C@@H]1CCCC[C@@H]1OCC(=O)Nc1ccc(C(=O)NCC(N)=O)cc1. The zero-order chi connectivity index (χ0) is 18.2. The monoisotopic (exact) mass is 347 g/mol. The van der Waals surface area contributed by atoms with E-state index in [1.54, 1.807) is 24.3 Å². The van der Waals surface area contributed by atoms with Crippen molar-refractivity contribution in [3.8, 4) is 0 Å². The van der Waals surface area contributed by atoms with E-state index in [0.717, 1.165) is 19.3 Å². The van der Waals surface area contributed by atoms with Crippen LogP contribution in [0.1, 0.15) is 43.0 Å². The number of amides is 3. The molecule has 0 saturated heterocycles. The molecule has 7 nitrogen and oxygen atoms in total. The summed E-state index contributed by atoms with van der Waals surface area (Å²) < 4.78 is 5.73. The first kappa shape index (κ1) is 18.9. The molecule has 0 aromatic heterocycles. The lowest BCUT2D eigenvalue weighted by molar-refractivity contribution is -0.124. The summed E-state index contributed by atoms with van der Waals surface area (Å²) in [6, 6.07) is 6.38. The van der Waals surface area contributed by atoms with Gasteiger partial charge < -0.3 is 21.1 Å². The number of hydrogen-bond acceptors (Lipinski definition) is 4. The van der Waals surface area contributed by atoms with Crippen LogP contribution in [0.4, 0.5) is 5.69 Å². The Morgan fingerprint density at radius 1 is 1.16 bits per heavy atom. The summed E-state index contributed by atoms with van der Waals surface area (Å²) in [7, 11) is 0. The first-order valence-electron chi connectivity index (χ1n) is 8.53. The molecule has 1 saturated carbocycles. The van der Waals surface area contributed by atoms with Crippen molar-refractivity contribution in [3.63, 3.8) is 0 Å². The highest BCUT2D eigenvalue weighted by Gasteiger charge is 2.22. The molecule has 0 heterocycles. The van der Waals surface area contributed by atoms with Gasteiger partial charge in [0.25, 0.3) is 5.91 Å². The molecule has 0 aliphatic heterocycles. The van der Waals surface area contributed by atoms with Crippen LogP contribution in [0.2, 0.25) is 0 Å². The van der Waals surface area contributed by atoms with Gasteiger partial charge in [-0.05, 0) is 43.0 Å².